The molecule has 6 heteroatoms. The van der Waals surface area contributed by atoms with Crippen LogP contribution in [0, 0.1) is 0 Å². The van der Waals surface area contributed by atoms with Gasteiger partial charge in [0.15, 0.2) is 5.13 Å². The van der Waals surface area contributed by atoms with E-state index in [0.29, 0.717) is 12.6 Å². The number of anilines is 1. The number of ether oxygens (including phenoxy) is 1. The number of thiazole rings is 1. The van der Waals surface area contributed by atoms with Crippen molar-refractivity contribution >= 4 is 22.4 Å². The van der Waals surface area contributed by atoms with Gasteiger partial charge in [-0.15, -0.1) is 11.3 Å². The normalized spacial score (nSPS) is 19.0. The second kappa shape index (κ2) is 7.71. The van der Waals surface area contributed by atoms with Crippen LogP contribution in [0.15, 0.2) is 5.38 Å². The number of aromatic nitrogens is 1. The minimum Gasteiger partial charge on any atom is -0.377 e. The summed E-state index contributed by atoms with van der Waals surface area (Å²) in [5.41, 5.74) is 0.987. The zero-order valence-corrected chi connectivity index (χ0v) is 13.0. The number of hydrogen-bond donors (Lipinski definition) is 1. The van der Waals surface area contributed by atoms with E-state index in [2.05, 4.69) is 10.3 Å². The lowest BCUT2D eigenvalue weighted by molar-refractivity contribution is -0.116. The van der Waals surface area contributed by atoms with E-state index in [1.165, 1.54) is 24.2 Å². The maximum atomic E-state index is 11.5. The molecule has 0 aromatic carbocycles. The van der Waals surface area contributed by atoms with Crippen molar-refractivity contribution in [2.24, 2.45) is 0 Å². The van der Waals surface area contributed by atoms with Gasteiger partial charge < -0.3 is 10.1 Å². The average molecular weight is 297 g/mol. The van der Waals surface area contributed by atoms with Crippen LogP contribution in [0.4, 0.5) is 5.13 Å². The highest BCUT2D eigenvalue weighted by Gasteiger charge is 2.15. The molecule has 1 atom stereocenters. The molecule has 5 nitrogen and oxygen atoms in total. The third-order valence-corrected chi connectivity index (χ3v) is 4.33. The van der Waals surface area contributed by atoms with E-state index in [-0.39, 0.29) is 5.91 Å². The van der Waals surface area contributed by atoms with Gasteiger partial charge in [0.05, 0.1) is 11.8 Å². The van der Waals surface area contributed by atoms with E-state index in [0.717, 1.165) is 36.9 Å². The van der Waals surface area contributed by atoms with Crippen LogP contribution in [0.2, 0.25) is 0 Å². The molecule has 1 unspecified atom stereocenters. The van der Waals surface area contributed by atoms with Crippen LogP contribution in [0.5, 0.6) is 0 Å². The molecule has 1 saturated heterocycles. The zero-order valence-electron chi connectivity index (χ0n) is 12.2. The van der Waals surface area contributed by atoms with Crippen LogP contribution in [-0.2, 0) is 16.1 Å². The summed E-state index contributed by atoms with van der Waals surface area (Å²) in [6, 6.07) is 0. The van der Waals surface area contributed by atoms with E-state index >= 15 is 0 Å². The highest BCUT2D eigenvalue weighted by molar-refractivity contribution is 7.14. The molecular weight excluding hydrogens is 274 g/mol. The summed E-state index contributed by atoms with van der Waals surface area (Å²) in [4.78, 5) is 17.7. The Labute approximate surface area is 124 Å². The van der Waals surface area contributed by atoms with Crippen LogP contribution in [0.25, 0.3) is 0 Å². The Morgan fingerprint density at radius 2 is 2.45 bits per heavy atom. The highest BCUT2D eigenvalue weighted by Crippen LogP contribution is 2.20. The Morgan fingerprint density at radius 3 is 3.10 bits per heavy atom. The number of nitrogens with one attached hydrogen (secondary N) is 1. The maximum Gasteiger partial charge on any atom is 0.225 e. The summed E-state index contributed by atoms with van der Waals surface area (Å²) in [5, 5.41) is 6.18. The number of carbonyl (C=O) groups excluding carboxylic acids is 1. The quantitative estimate of drug-likeness (QED) is 0.874. The third kappa shape index (κ3) is 4.26. The van der Waals surface area contributed by atoms with Gasteiger partial charge in [0, 0.05) is 38.5 Å². The van der Waals surface area contributed by atoms with E-state index in [1.54, 1.807) is 11.8 Å². The van der Waals surface area contributed by atoms with Gasteiger partial charge in [-0.25, -0.2) is 4.98 Å². The lowest BCUT2D eigenvalue weighted by Gasteiger charge is -2.22. The van der Waals surface area contributed by atoms with Gasteiger partial charge >= 0.3 is 0 Å². The van der Waals surface area contributed by atoms with E-state index in [9.17, 15) is 4.79 Å². The van der Waals surface area contributed by atoms with Crippen LogP contribution < -0.4 is 10.2 Å². The Kier molecular flexibility index (Phi) is 5.94. The molecular formula is C14H23N3O2S. The summed E-state index contributed by atoms with van der Waals surface area (Å²) in [6.07, 6.45) is 3.93. The van der Waals surface area contributed by atoms with E-state index < -0.39 is 0 Å². The largest absolute Gasteiger partial charge is 0.377 e. The van der Waals surface area contributed by atoms with Gasteiger partial charge in [-0.1, -0.05) is 0 Å². The third-order valence-electron chi connectivity index (χ3n) is 3.42. The molecule has 1 aromatic heterocycles. The molecule has 1 aromatic rings. The first-order valence-electron chi connectivity index (χ1n) is 7.25. The summed E-state index contributed by atoms with van der Waals surface area (Å²) >= 11 is 1.52. The summed E-state index contributed by atoms with van der Waals surface area (Å²) in [7, 11) is 0. The molecule has 1 aliphatic rings. The molecule has 112 valence electrons. The number of carbonyl (C=O) groups is 1. The molecule has 0 aliphatic carbocycles. The molecule has 1 aliphatic heterocycles. The van der Waals surface area contributed by atoms with Crippen LogP contribution in [0.3, 0.4) is 0 Å². The molecule has 0 saturated carbocycles. The molecule has 0 radical (unpaired) electrons. The molecule has 2 rings (SSSR count). The fourth-order valence-electron chi connectivity index (χ4n) is 2.32. The standard InChI is InChI=1S/C14H23N3O2S/c1-3-17(11(2)18)14-16-12(10-20-14)8-15-9-13-6-4-5-7-19-13/h10,13,15H,3-9H2,1-2H3. The van der Waals surface area contributed by atoms with Crippen molar-refractivity contribution in [2.45, 2.75) is 45.8 Å². The SMILES string of the molecule is CCN(C(C)=O)c1nc(CNCC2CCCCO2)cs1. The highest BCUT2D eigenvalue weighted by atomic mass is 32.1. The van der Waals surface area contributed by atoms with Gasteiger partial charge in [-0.3, -0.25) is 9.69 Å². The minimum atomic E-state index is 0.0389. The van der Waals surface area contributed by atoms with Crippen molar-refractivity contribution in [3.05, 3.63) is 11.1 Å². The number of rotatable bonds is 6. The first-order valence-corrected chi connectivity index (χ1v) is 8.13. The maximum absolute atomic E-state index is 11.5. The van der Waals surface area contributed by atoms with Crippen molar-refractivity contribution in [1.29, 1.82) is 0 Å². The second-order valence-corrected chi connectivity index (χ2v) is 5.84. The fourth-order valence-corrected chi connectivity index (χ4v) is 3.26. The van der Waals surface area contributed by atoms with Gasteiger partial charge in [0.1, 0.15) is 0 Å². The average Bonchev–Trinajstić information content (AvgIpc) is 2.89. The predicted octanol–water partition coefficient (Wildman–Crippen LogP) is 2.17. The van der Waals surface area contributed by atoms with Gasteiger partial charge in [-0.2, -0.15) is 0 Å². The Balaban J connectivity index is 1.78. The molecule has 1 fully saturated rings. The minimum absolute atomic E-state index is 0.0389. The smallest absolute Gasteiger partial charge is 0.225 e. The molecule has 1 amide bonds. The van der Waals surface area contributed by atoms with E-state index in [1.807, 2.05) is 12.3 Å². The zero-order chi connectivity index (χ0) is 14.4. The van der Waals surface area contributed by atoms with Crippen LogP contribution in [0.1, 0.15) is 38.8 Å². The van der Waals surface area contributed by atoms with Crippen LogP contribution in [-0.4, -0.2) is 36.7 Å². The van der Waals surface area contributed by atoms with E-state index in [4.69, 9.17) is 4.74 Å². The lowest BCUT2D eigenvalue weighted by Crippen LogP contribution is -2.31. The molecule has 0 bridgehead atoms. The van der Waals surface area contributed by atoms with Gasteiger partial charge in [-0.05, 0) is 26.2 Å². The summed E-state index contributed by atoms with van der Waals surface area (Å²) in [5.74, 6) is 0.0389. The number of amides is 1. The van der Waals surface area contributed by atoms with Crippen molar-refractivity contribution in [1.82, 2.24) is 10.3 Å². The topological polar surface area (TPSA) is 54.5 Å². The van der Waals surface area contributed by atoms with Crippen molar-refractivity contribution < 1.29 is 9.53 Å². The second-order valence-electron chi connectivity index (χ2n) is 5.00. The summed E-state index contributed by atoms with van der Waals surface area (Å²) < 4.78 is 5.67. The first-order chi connectivity index (χ1) is 9.70. The lowest BCUT2D eigenvalue weighted by atomic mass is 10.1. The molecule has 0 spiro atoms. The predicted molar refractivity (Wildman–Crippen MR) is 81.1 cm³/mol. The summed E-state index contributed by atoms with van der Waals surface area (Å²) in [6.45, 7) is 6.68. The van der Waals surface area contributed by atoms with Gasteiger partial charge in [0.25, 0.3) is 0 Å². The molecule has 20 heavy (non-hydrogen) atoms. The molecule has 2 heterocycles. The van der Waals surface area contributed by atoms with Crippen molar-refractivity contribution in [2.75, 3.05) is 24.6 Å². The Morgan fingerprint density at radius 1 is 1.60 bits per heavy atom. The van der Waals surface area contributed by atoms with Crippen molar-refractivity contribution in [3.8, 4) is 0 Å². The fraction of sp³-hybridized carbons (Fsp3) is 0.714. The Bertz CT molecular complexity index is 430. The monoisotopic (exact) mass is 297 g/mol. The number of nitrogens with zero attached hydrogens (tertiary/aromatic N) is 2. The van der Waals surface area contributed by atoms with Gasteiger partial charge in [0.2, 0.25) is 5.91 Å². The number of hydrogen-bond acceptors (Lipinski definition) is 5. The Hall–Kier alpha value is -0.980. The van der Waals surface area contributed by atoms with Crippen LogP contribution >= 0.6 is 11.3 Å². The molecule has 1 N–H and O–H groups in total. The van der Waals surface area contributed by atoms with Crippen molar-refractivity contribution in [3.63, 3.8) is 0 Å². The first kappa shape index (κ1) is 15.4.